The van der Waals surface area contributed by atoms with Crippen molar-refractivity contribution in [2.45, 2.75) is 33.7 Å². The molecule has 0 aromatic carbocycles. The van der Waals surface area contributed by atoms with Gasteiger partial charge in [-0.3, -0.25) is 9.59 Å². The molecule has 0 radical (unpaired) electrons. The largest absolute Gasteiger partial charge is 0.360 e. The fourth-order valence-electron chi connectivity index (χ4n) is 1.38. The smallest absolute Gasteiger partial charge is 0.248 e. The van der Waals surface area contributed by atoms with Gasteiger partial charge in [-0.25, -0.2) is 0 Å². The summed E-state index contributed by atoms with van der Waals surface area (Å²) in [6.45, 7) is 6.82. The lowest BCUT2D eigenvalue weighted by atomic mass is 10.0. The summed E-state index contributed by atoms with van der Waals surface area (Å²) in [6, 6.07) is 1.03. The lowest BCUT2D eigenvalue weighted by Gasteiger charge is -2.19. The molecule has 1 aromatic heterocycles. The van der Waals surface area contributed by atoms with Gasteiger partial charge in [0.2, 0.25) is 11.8 Å². The number of hydrogen-bond donors (Lipinski definition) is 2. The van der Waals surface area contributed by atoms with E-state index >= 15 is 0 Å². The first-order chi connectivity index (χ1) is 7.90. The van der Waals surface area contributed by atoms with E-state index in [2.05, 4.69) is 15.8 Å². The van der Waals surface area contributed by atoms with Crippen LogP contribution in [0.5, 0.6) is 0 Å². The summed E-state index contributed by atoms with van der Waals surface area (Å²) >= 11 is 0. The third-order valence-corrected chi connectivity index (χ3v) is 2.19. The van der Waals surface area contributed by atoms with Crippen molar-refractivity contribution in [3.05, 3.63) is 11.8 Å². The summed E-state index contributed by atoms with van der Waals surface area (Å²) in [5, 5.41) is 8.84. The fraction of sp³-hybridized carbons (Fsp3) is 0.545. The molecule has 1 heterocycles. The zero-order valence-corrected chi connectivity index (χ0v) is 10.4. The Hall–Kier alpha value is -1.85. The Bertz CT molecular complexity index is 412. The highest BCUT2D eigenvalue weighted by Crippen LogP contribution is 2.09. The van der Waals surface area contributed by atoms with Crippen LogP contribution in [0.3, 0.4) is 0 Å². The van der Waals surface area contributed by atoms with Crippen LogP contribution in [0.15, 0.2) is 10.6 Å². The van der Waals surface area contributed by atoms with Gasteiger partial charge in [-0.1, -0.05) is 19.0 Å². The van der Waals surface area contributed by atoms with Crippen LogP contribution in [0.4, 0.5) is 5.82 Å². The van der Waals surface area contributed by atoms with E-state index in [1.807, 2.05) is 13.8 Å². The van der Waals surface area contributed by atoms with E-state index in [1.54, 1.807) is 13.0 Å². The summed E-state index contributed by atoms with van der Waals surface area (Å²) in [5.74, 6) is 0.412. The van der Waals surface area contributed by atoms with Gasteiger partial charge >= 0.3 is 0 Å². The van der Waals surface area contributed by atoms with Crippen LogP contribution < -0.4 is 10.6 Å². The number of nitrogens with zero attached hydrogens (tertiary/aromatic N) is 1. The highest BCUT2D eigenvalue weighted by molar-refractivity contribution is 5.96. The van der Waals surface area contributed by atoms with Crippen molar-refractivity contribution in [1.82, 2.24) is 10.5 Å². The zero-order chi connectivity index (χ0) is 13.0. The van der Waals surface area contributed by atoms with Crippen molar-refractivity contribution in [3.8, 4) is 0 Å². The lowest BCUT2D eigenvalue weighted by Crippen LogP contribution is -2.46. The van der Waals surface area contributed by atoms with Crippen molar-refractivity contribution in [2.75, 3.05) is 5.32 Å². The monoisotopic (exact) mass is 239 g/mol. The summed E-state index contributed by atoms with van der Waals surface area (Å²) in [5.41, 5.74) is 0. The molecule has 0 fully saturated rings. The molecule has 0 unspecified atom stereocenters. The van der Waals surface area contributed by atoms with Gasteiger partial charge in [-0.05, 0) is 12.8 Å². The van der Waals surface area contributed by atoms with E-state index < -0.39 is 6.04 Å². The van der Waals surface area contributed by atoms with Gasteiger partial charge in [-0.2, -0.15) is 0 Å². The Labute approximate surface area is 99.7 Å². The summed E-state index contributed by atoms with van der Waals surface area (Å²) in [7, 11) is 0. The Morgan fingerprint density at radius 1 is 1.41 bits per heavy atom. The number of amides is 2. The number of carbonyl (C=O) groups is 2. The number of nitrogens with one attached hydrogen (secondary N) is 2. The predicted octanol–water partition coefficient (Wildman–Crippen LogP) is 1.08. The molecular formula is C11H17N3O3. The molecule has 1 atom stereocenters. The fourth-order valence-corrected chi connectivity index (χ4v) is 1.38. The first kappa shape index (κ1) is 13.2. The van der Waals surface area contributed by atoms with E-state index in [0.29, 0.717) is 11.6 Å². The van der Waals surface area contributed by atoms with Crippen LogP contribution in [0.1, 0.15) is 26.5 Å². The third kappa shape index (κ3) is 3.90. The van der Waals surface area contributed by atoms with Crippen molar-refractivity contribution < 1.29 is 14.1 Å². The van der Waals surface area contributed by atoms with Crippen LogP contribution in [-0.4, -0.2) is 23.0 Å². The van der Waals surface area contributed by atoms with Gasteiger partial charge in [0.1, 0.15) is 11.8 Å². The van der Waals surface area contributed by atoms with Gasteiger partial charge in [0.15, 0.2) is 5.82 Å². The Morgan fingerprint density at radius 2 is 2.06 bits per heavy atom. The summed E-state index contributed by atoms with van der Waals surface area (Å²) in [4.78, 5) is 22.9. The molecule has 0 saturated carbocycles. The van der Waals surface area contributed by atoms with Crippen molar-refractivity contribution in [3.63, 3.8) is 0 Å². The van der Waals surface area contributed by atoms with E-state index in [0.717, 1.165) is 0 Å². The molecule has 0 bridgehead atoms. The van der Waals surface area contributed by atoms with Gasteiger partial charge in [-0.15, -0.1) is 0 Å². The van der Waals surface area contributed by atoms with Crippen LogP contribution in [0, 0.1) is 12.8 Å². The Kier molecular flexibility index (Phi) is 4.25. The molecular weight excluding hydrogens is 222 g/mol. The molecule has 1 rings (SSSR count). The average molecular weight is 239 g/mol. The molecule has 0 saturated heterocycles. The minimum absolute atomic E-state index is 0.00750. The van der Waals surface area contributed by atoms with Crippen LogP contribution in [-0.2, 0) is 9.59 Å². The molecule has 94 valence electrons. The minimum Gasteiger partial charge on any atom is -0.360 e. The Balaban J connectivity index is 2.68. The molecule has 2 amide bonds. The first-order valence-corrected chi connectivity index (χ1v) is 5.41. The summed E-state index contributed by atoms with van der Waals surface area (Å²) in [6.07, 6.45) is 0. The molecule has 0 aliphatic carbocycles. The molecule has 6 heteroatoms. The SMILES string of the molecule is CC(=O)N[C@H](C(=O)Nc1cc(C)on1)C(C)C. The van der Waals surface area contributed by atoms with Crippen molar-refractivity contribution >= 4 is 17.6 Å². The maximum absolute atomic E-state index is 11.9. The first-order valence-electron chi connectivity index (χ1n) is 5.41. The number of aryl methyl sites for hydroxylation is 1. The quantitative estimate of drug-likeness (QED) is 0.823. The van der Waals surface area contributed by atoms with Gasteiger partial charge in [0, 0.05) is 13.0 Å². The van der Waals surface area contributed by atoms with Gasteiger partial charge < -0.3 is 15.2 Å². The molecule has 0 aliphatic rings. The van der Waals surface area contributed by atoms with Crippen LogP contribution in [0.25, 0.3) is 0 Å². The predicted molar refractivity (Wildman–Crippen MR) is 62.3 cm³/mol. The zero-order valence-electron chi connectivity index (χ0n) is 10.4. The highest BCUT2D eigenvalue weighted by atomic mass is 16.5. The number of aromatic nitrogens is 1. The Morgan fingerprint density at radius 3 is 2.47 bits per heavy atom. The average Bonchev–Trinajstić information content (AvgIpc) is 2.59. The molecule has 2 N–H and O–H groups in total. The molecule has 0 aliphatic heterocycles. The molecule has 0 spiro atoms. The summed E-state index contributed by atoms with van der Waals surface area (Å²) < 4.78 is 4.83. The van der Waals surface area contributed by atoms with Crippen LogP contribution >= 0.6 is 0 Å². The third-order valence-electron chi connectivity index (χ3n) is 2.19. The maximum atomic E-state index is 11.9. The number of hydrogen-bond acceptors (Lipinski definition) is 4. The second kappa shape index (κ2) is 5.47. The van der Waals surface area contributed by atoms with Crippen LogP contribution in [0.2, 0.25) is 0 Å². The number of anilines is 1. The van der Waals surface area contributed by atoms with E-state index in [1.165, 1.54) is 6.92 Å². The second-order valence-corrected chi connectivity index (χ2v) is 4.23. The minimum atomic E-state index is -0.579. The normalized spacial score (nSPS) is 12.3. The standard InChI is InChI=1S/C11H17N3O3/c1-6(2)10(12-8(4)15)11(16)13-9-5-7(3)17-14-9/h5-6,10H,1-4H3,(H,12,15)(H,13,14,16)/t10-/m0/s1. The van der Waals surface area contributed by atoms with Crippen molar-refractivity contribution in [1.29, 1.82) is 0 Å². The highest BCUT2D eigenvalue weighted by Gasteiger charge is 2.23. The van der Waals surface area contributed by atoms with Crippen molar-refractivity contribution in [2.24, 2.45) is 5.92 Å². The van der Waals surface area contributed by atoms with E-state index in [4.69, 9.17) is 4.52 Å². The number of carbonyl (C=O) groups excluding carboxylic acids is 2. The van der Waals surface area contributed by atoms with E-state index in [9.17, 15) is 9.59 Å². The number of rotatable bonds is 4. The van der Waals surface area contributed by atoms with Gasteiger partial charge in [0.05, 0.1) is 0 Å². The second-order valence-electron chi connectivity index (χ2n) is 4.23. The van der Waals surface area contributed by atoms with Gasteiger partial charge in [0.25, 0.3) is 0 Å². The molecule has 17 heavy (non-hydrogen) atoms. The lowest BCUT2D eigenvalue weighted by molar-refractivity contribution is -0.126. The topological polar surface area (TPSA) is 84.2 Å². The molecule has 1 aromatic rings. The maximum Gasteiger partial charge on any atom is 0.248 e. The molecule has 6 nitrogen and oxygen atoms in total. The van der Waals surface area contributed by atoms with E-state index in [-0.39, 0.29) is 17.7 Å².